The quantitative estimate of drug-likeness (QED) is 0.161. The lowest BCUT2D eigenvalue weighted by Gasteiger charge is -2.16. The van der Waals surface area contributed by atoms with Crippen LogP contribution >= 0.6 is 0 Å². The first kappa shape index (κ1) is 44.9. The second-order valence-electron chi connectivity index (χ2n) is 20.2. The van der Waals surface area contributed by atoms with Crippen LogP contribution in [0.25, 0.3) is 154 Å². The van der Waals surface area contributed by atoms with Crippen molar-refractivity contribution in [1.82, 2.24) is 18.3 Å². The van der Waals surface area contributed by atoms with Crippen LogP contribution in [0.4, 0.5) is 0 Å². The Morgan fingerprint density at radius 3 is 1.00 bits per heavy atom. The van der Waals surface area contributed by atoms with E-state index < -0.39 is 0 Å². The van der Waals surface area contributed by atoms with E-state index in [1.54, 1.807) is 12.2 Å². The molecule has 0 spiro atoms. The Morgan fingerprint density at radius 2 is 0.637 bits per heavy atom. The maximum absolute atomic E-state index is 11.5. The summed E-state index contributed by atoms with van der Waals surface area (Å²) >= 11 is 0. The Hall–Kier alpha value is -11.3. The first-order chi connectivity index (χ1) is 39.6. The molecule has 372 valence electrons. The molecule has 6 heterocycles. The van der Waals surface area contributed by atoms with Gasteiger partial charge in [0.05, 0.1) is 77.4 Å². The number of furan rings is 2. The number of rotatable bonds is 5. The standard InChI is InChI=1S/C68H36N6O2.C4H6/c69-37-51-52(38-70)60(74-58-30-26-40(72-55-21-9-3-15-43(55)44-16-4-10-22-56(44)72)36-50(58)66-62(74)32-28-48-46-18-6-12-24-64(46)76-68(48)66)34-33-59(51)73-57-29-25-39(71-53-19-7-1-13-41(53)42-14-2-8-20-54(42)71)35-49(57)65-61(73)31-27-47-45-17-5-11-23-63(45)75-67(47)65;1-3-4-2/h1-36H;3-4H,1-2H2. The Kier molecular flexibility index (Phi) is 9.60. The third kappa shape index (κ3) is 6.13. The minimum Gasteiger partial charge on any atom is -0.455 e. The van der Waals surface area contributed by atoms with Crippen molar-refractivity contribution in [2.45, 2.75) is 0 Å². The maximum atomic E-state index is 11.5. The summed E-state index contributed by atoms with van der Waals surface area (Å²) in [6.45, 7) is 6.72. The van der Waals surface area contributed by atoms with E-state index in [0.717, 1.165) is 121 Å². The van der Waals surface area contributed by atoms with Gasteiger partial charge in [-0.05, 0) is 109 Å². The van der Waals surface area contributed by atoms with Crippen LogP contribution < -0.4 is 0 Å². The van der Waals surface area contributed by atoms with Crippen molar-refractivity contribution >= 4 is 131 Å². The van der Waals surface area contributed by atoms with Gasteiger partial charge in [0, 0.05) is 65.2 Å². The number of allylic oxidation sites excluding steroid dienone is 2. The molecular weight excluding hydrogens is 981 g/mol. The van der Waals surface area contributed by atoms with E-state index in [4.69, 9.17) is 8.83 Å². The van der Waals surface area contributed by atoms with Crippen LogP contribution in [0.3, 0.4) is 0 Å². The number of aromatic nitrogens is 4. The van der Waals surface area contributed by atoms with Gasteiger partial charge < -0.3 is 27.1 Å². The van der Waals surface area contributed by atoms with Gasteiger partial charge in [0.1, 0.15) is 34.5 Å². The zero-order valence-electron chi connectivity index (χ0n) is 42.9. The van der Waals surface area contributed by atoms with Gasteiger partial charge in [-0.1, -0.05) is 135 Å². The number of hydrogen-bond acceptors (Lipinski definition) is 4. The molecule has 0 aliphatic rings. The van der Waals surface area contributed by atoms with Crippen LogP contribution in [0.5, 0.6) is 0 Å². The monoisotopic (exact) mass is 1020 g/mol. The lowest BCUT2D eigenvalue weighted by atomic mass is 10.0. The van der Waals surface area contributed by atoms with E-state index in [0.29, 0.717) is 11.4 Å². The van der Waals surface area contributed by atoms with Crippen molar-refractivity contribution in [3.05, 3.63) is 255 Å². The minimum atomic E-state index is 0.261. The van der Waals surface area contributed by atoms with Gasteiger partial charge in [0.25, 0.3) is 0 Å². The Labute approximate surface area is 456 Å². The average molecular weight is 1020 g/mol. The summed E-state index contributed by atoms with van der Waals surface area (Å²) in [5.41, 5.74) is 14.7. The number of para-hydroxylation sites is 6. The predicted octanol–water partition coefficient (Wildman–Crippen LogP) is 19.0. The highest BCUT2D eigenvalue weighted by molar-refractivity contribution is 6.26. The summed E-state index contributed by atoms with van der Waals surface area (Å²) in [7, 11) is 0. The second kappa shape index (κ2) is 17.1. The number of hydrogen-bond donors (Lipinski definition) is 0. The minimum absolute atomic E-state index is 0.261. The van der Waals surface area contributed by atoms with Crippen LogP contribution in [0, 0.1) is 22.7 Å². The summed E-state index contributed by atoms with van der Waals surface area (Å²) in [5, 5.41) is 35.6. The fourth-order valence-electron chi connectivity index (χ4n) is 12.9. The van der Waals surface area contributed by atoms with Crippen molar-refractivity contribution in [2.75, 3.05) is 0 Å². The lowest BCUT2D eigenvalue weighted by molar-refractivity contribution is 0.672. The molecule has 8 nitrogen and oxygen atoms in total. The van der Waals surface area contributed by atoms with E-state index in [-0.39, 0.29) is 11.1 Å². The summed E-state index contributed by atoms with van der Waals surface area (Å²) in [5.74, 6) is 0. The molecule has 0 aliphatic carbocycles. The smallest absolute Gasteiger partial charge is 0.145 e. The normalized spacial score (nSPS) is 11.8. The van der Waals surface area contributed by atoms with Crippen LogP contribution in [-0.2, 0) is 0 Å². The third-order valence-electron chi connectivity index (χ3n) is 16.2. The van der Waals surface area contributed by atoms with Gasteiger partial charge in [0.15, 0.2) is 0 Å². The molecule has 0 atom stereocenters. The number of benzene rings is 11. The molecule has 6 aromatic heterocycles. The molecule has 0 fully saturated rings. The van der Waals surface area contributed by atoms with E-state index in [1.165, 1.54) is 21.5 Å². The molecule has 17 rings (SSSR count). The first-order valence-electron chi connectivity index (χ1n) is 26.5. The highest BCUT2D eigenvalue weighted by Crippen LogP contribution is 2.46. The maximum Gasteiger partial charge on any atom is 0.145 e. The van der Waals surface area contributed by atoms with E-state index >= 15 is 0 Å². The van der Waals surface area contributed by atoms with Crippen LogP contribution in [0.15, 0.2) is 253 Å². The average Bonchev–Trinajstić information content (AvgIpc) is 4.55. The fourth-order valence-corrected chi connectivity index (χ4v) is 12.9. The summed E-state index contributed by atoms with van der Waals surface area (Å²) in [4.78, 5) is 0. The summed E-state index contributed by atoms with van der Waals surface area (Å²) < 4.78 is 22.6. The Morgan fingerprint density at radius 1 is 0.312 bits per heavy atom. The van der Waals surface area contributed by atoms with Crippen LogP contribution in [0.2, 0.25) is 0 Å². The van der Waals surface area contributed by atoms with Gasteiger partial charge >= 0.3 is 0 Å². The Balaban J connectivity index is 0.00000129. The number of nitrogens with zero attached hydrogens (tertiary/aromatic N) is 6. The first-order valence-corrected chi connectivity index (χ1v) is 26.5. The van der Waals surface area contributed by atoms with Gasteiger partial charge in [-0.25, -0.2) is 0 Å². The van der Waals surface area contributed by atoms with E-state index in [9.17, 15) is 10.5 Å². The Bertz CT molecular complexity index is 5180. The molecule has 11 aromatic carbocycles. The highest BCUT2D eigenvalue weighted by atomic mass is 16.3. The highest BCUT2D eigenvalue weighted by Gasteiger charge is 2.27. The number of nitriles is 2. The molecule has 8 heteroatoms. The number of fused-ring (bicyclic) bond motifs is 20. The van der Waals surface area contributed by atoms with Crippen LogP contribution in [-0.4, -0.2) is 18.3 Å². The van der Waals surface area contributed by atoms with Gasteiger partial charge in [-0.3, -0.25) is 0 Å². The molecule has 0 aliphatic heterocycles. The molecule has 17 aromatic rings. The summed E-state index contributed by atoms with van der Waals surface area (Å²) in [6, 6.07) is 81.1. The zero-order valence-corrected chi connectivity index (χ0v) is 42.9. The van der Waals surface area contributed by atoms with Crippen LogP contribution in [0.1, 0.15) is 11.1 Å². The largest absolute Gasteiger partial charge is 0.455 e. The molecule has 0 saturated carbocycles. The second-order valence-corrected chi connectivity index (χ2v) is 20.2. The molecule has 0 bridgehead atoms. The fraction of sp³-hybridized carbons (Fsp3) is 0. The topological polar surface area (TPSA) is 93.6 Å². The van der Waals surface area contributed by atoms with Gasteiger partial charge in [0.2, 0.25) is 0 Å². The summed E-state index contributed by atoms with van der Waals surface area (Å²) in [6.07, 6.45) is 3.28. The molecule has 0 N–H and O–H groups in total. The lowest BCUT2D eigenvalue weighted by Crippen LogP contribution is -2.05. The molecular formula is C72H42N6O2. The van der Waals surface area contributed by atoms with E-state index in [1.807, 2.05) is 48.5 Å². The van der Waals surface area contributed by atoms with Gasteiger partial charge in [-0.2, -0.15) is 10.5 Å². The van der Waals surface area contributed by atoms with Gasteiger partial charge in [-0.15, -0.1) is 0 Å². The van der Waals surface area contributed by atoms with E-state index in [2.05, 4.69) is 213 Å². The van der Waals surface area contributed by atoms with Crippen molar-refractivity contribution in [2.24, 2.45) is 0 Å². The zero-order chi connectivity index (χ0) is 53.3. The molecule has 0 unspecified atom stereocenters. The van der Waals surface area contributed by atoms with Crippen molar-refractivity contribution in [1.29, 1.82) is 10.5 Å². The third-order valence-corrected chi connectivity index (χ3v) is 16.2. The predicted molar refractivity (Wildman–Crippen MR) is 328 cm³/mol. The molecule has 0 radical (unpaired) electrons. The van der Waals surface area contributed by atoms with Crippen molar-refractivity contribution in [3.63, 3.8) is 0 Å². The SMILES string of the molecule is C=CC=C.N#Cc1c(-n2c3ccc(-n4c5ccccc5c5ccccc54)cc3c3c4oc5ccccc5c4ccc32)ccc(-n2c3ccc(-n4c5ccccc5c5ccccc54)cc3c3c4oc5ccccc5c4ccc32)c1C#N. The van der Waals surface area contributed by atoms with Crippen molar-refractivity contribution in [3.8, 4) is 34.9 Å². The van der Waals surface area contributed by atoms with Crippen molar-refractivity contribution < 1.29 is 8.83 Å². The molecule has 80 heavy (non-hydrogen) atoms. The molecule has 0 saturated heterocycles. The molecule has 0 amide bonds.